The van der Waals surface area contributed by atoms with Gasteiger partial charge in [-0.3, -0.25) is 0 Å². The summed E-state index contributed by atoms with van der Waals surface area (Å²) in [5.41, 5.74) is 2.82. The fourth-order valence-corrected chi connectivity index (χ4v) is 1.92. The molecule has 0 heterocycles. The Labute approximate surface area is 112 Å². The molecule has 1 rings (SSSR count). The molecule has 1 N–H and O–H groups in total. The van der Waals surface area contributed by atoms with Crippen molar-refractivity contribution in [1.29, 1.82) is 0 Å². The minimum atomic E-state index is -0.164. The molecule has 0 aliphatic heterocycles. The summed E-state index contributed by atoms with van der Waals surface area (Å²) < 4.78 is 0. The molecule has 0 amide bonds. The third-order valence-corrected chi connectivity index (χ3v) is 3.38. The smallest absolute Gasteiger partial charge is 0.0566 e. The molecule has 1 aromatic carbocycles. The quantitative estimate of drug-likeness (QED) is 0.709. The van der Waals surface area contributed by atoms with E-state index in [1.54, 1.807) is 0 Å². The van der Waals surface area contributed by atoms with E-state index in [1.807, 2.05) is 0 Å². The van der Waals surface area contributed by atoms with Crippen LogP contribution in [0, 0.1) is 5.92 Å². The Morgan fingerprint density at radius 3 is 2.50 bits per heavy atom. The van der Waals surface area contributed by atoms with E-state index in [0.717, 1.165) is 25.7 Å². The van der Waals surface area contributed by atoms with Gasteiger partial charge in [-0.25, -0.2) is 0 Å². The van der Waals surface area contributed by atoms with Gasteiger partial charge in [0.2, 0.25) is 0 Å². The number of aliphatic hydroxyl groups excluding tert-OH is 1. The van der Waals surface area contributed by atoms with Crippen LogP contribution < -0.4 is 0 Å². The predicted octanol–water partition coefficient (Wildman–Crippen LogP) is 4.36. The first-order chi connectivity index (χ1) is 8.59. The lowest BCUT2D eigenvalue weighted by Gasteiger charge is -2.12. The molecule has 0 aliphatic rings. The zero-order chi connectivity index (χ0) is 13.4. The summed E-state index contributed by atoms with van der Waals surface area (Å²) in [6.45, 7) is 6.32. The summed E-state index contributed by atoms with van der Waals surface area (Å²) in [6.07, 6.45) is 6.19. The highest BCUT2D eigenvalue weighted by Gasteiger charge is 2.07. The lowest BCUT2D eigenvalue weighted by molar-refractivity contribution is 0.117. The number of benzene rings is 1. The molecule has 18 heavy (non-hydrogen) atoms. The topological polar surface area (TPSA) is 20.2 Å². The summed E-state index contributed by atoms with van der Waals surface area (Å²) in [6, 6.07) is 10.6. The highest BCUT2D eigenvalue weighted by atomic mass is 16.3. The van der Waals surface area contributed by atoms with Crippen molar-refractivity contribution in [2.24, 2.45) is 5.92 Å². The van der Waals surface area contributed by atoms with Crippen molar-refractivity contribution in [3.05, 3.63) is 47.5 Å². The summed E-state index contributed by atoms with van der Waals surface area (Å²) >= 11 is 0. The van der Waals surface area contributed by atoms with E-state index in [0.29, 0.717) is 5.92 Å². The number of allylic oxidation sites excluding steroid dienone is 2. The molecule has 0 spiro atoms. The lowest BCUT2D eigenvalue weighted by Crippen LogP contribution is -2.13. The van der Waals surface area contributed by atoms with Gasteiger partial charge in [0.15, 0.2) is 0 Å². The van der Waals surface area contributed by atoms with Crippen LogP contribution in [0.5, 0.6) is 0 Å². The molecule has 1 unspecified atom stereocenters. The molecule has 1 nitrogen and oxygen atoms in total. The van der Waals surface area contributed by atoms with Gasteiger partial charge in [0.05, 0.1) is 6.10 Å². The first-order valence-electron chi connectivity index (χ1n) is 6.97. The average molecular weight is 246 g/mol. The second-order valence-electron chi connectivity index (χ2n) is 5.42. The third kappa shape index (κ3) is 6.02. The Balaban J connectivity index is 2.26. The van der Waals surface area contributed by atoms with E-state index >= 15 is 0 Å². The summed E-state index contributed by atoms with van der Waals surface area (Å²) in [5.74, 6) is 0.364. The van der Waals surface area contributed by atoms with Crippen LogP contribution >= 0.6 is 0 Å². The normalized spacial score (nSPS) is 13.9. The number of rotatable bonds is 7. The monoisotopic (exact) mass is 246 g/mol. The van der Waals surface area contributed by atoms with Crippen molar-refractivity contribution >= 4 is 0 Å². The van der Waals surface area contributed by atoms with Gasteiger partial charge in [-0.2, -0.15) is 0 Å². The Bertz CT molecular complexity index is 351. The number of aryl methyl sites for hydroxylation is 1. The zero-order valence-electron chi connectivity index (χ0n) is 11.9. The highest BCUT2D eigenvalue weighted by molar-refractivity contribution is 5.16. The Morgan fingerprint density at radius 1 is 1.22 bits per heavy atom. The minimum Gasteiger partial charge on any atom is -0.393 e. The van der Waals surface area contributed by atoms with Crippen molar-refractivity contribution in [2.45, 2.75) is 52.6 Å². The van der Waals surface area contributed by atoms with Crippen LogP contribution in [0.3, 0.4) is 0 Å². The number of hydrogen-bond acceptors (Lipinski definition) is 1. The first kappa shape index (κ1) is 15.0. The van der Waals surface area contributed by atoms with Gasteiger partial charge in [0.1, 0.15) is 0 Å². The Hall–Kier alpha value is -1.08. The number of aliphatic hydroxyl groups is 1. The van der Waals surface area contributed by atoms with Crippen LogP contribution in [0.25, 0.3) is 0 Å². The predicted molar refractivity (Wildman–Crippen MR) is 78.6 cm³/mol. The van der Waals surface area contributed by atoms with Crippen LogP contribution in [0.1, 0.15) is 45.6 Å². The summed E-state index contributed by atoms with van der Waals surface area (Å²) in [4.78, 5) is 0. The van der Waals surface area contributed by atoms with Gasteiger partial charge in [-0.05, 0) is 44.1 Å². The largest absolute Gasteiger partial charge is 0.393 e. The van der Waals surface area contributed by atoms with Gasteiger partial charge in [-0.15, -0.1) is 0 Å². The molecule has 1 aromatic rings. The van der Waals surface area contributed by atoms with E-state index in [1.165, 1.54) is 11.1 Å². The van der Waals surface area contributed by atoms with E-state index in [9.17, 15) is 5.11 Å². The van der Waals surface area contributed by atoms with Crippen LogP contribution in [0.4, 0.5) is 0 Å². The molecule has 1 heteroatoms. The first-order valence-corrected chi connectivity index (χ1v) is 6.97. The molecule has 0 radical (unpaired) electrons. The molecular weight excluding hydrogens is 220 g/mol. The zero-order valence-corrected chi connectivity index (χ0v) is 11.9. The van der Waals surface area contributed by atoms with Crippen molar-refractivity contribution in [2.75, 3.05) is 0 Å². The minimum absolute atomic E-state index is 0.164. The van der Waals surface area contributed by atoms with E-state index in [4.69, 9.17) is 0 Å². The van der Waals surface area contributed by atoms with Gasteiger partial charge < -0.3 is 5.11 Å². The van der Waals surface area contributed by atoms with Crippen LogP contribution in [0.15, 0.2) is 42.0 Å². The molecule has 100 valence electrons. The maximum absolute atomic E-state index is 9.72. The summed E-state index contributed by atoms with van der Waals surface area (Å²) in [5, 5.41) is 9.72. The fourth-order valence-electron chi connectivity index (χ4n) is 1.92. The summed E-state index contributed by atoms with van der Waals surface area (Å²) in [7, 11) is 0. The fraction of sp³-hybridized carbons (Fsp3) is 0.529. The van der Waals surface area contributed by atoms with Crippen LogP contribution in [-0.4, -0.2) is 11.2 Å². The second-order valence-corrected chi connectivity index (χ2v) is 5.42. The van der Waals surface area contributed by atoms with E-state index < -0.39 is 0 Å². The molecule has 0 aliphatic carbocycles. The Morgan fingerprint density at radius 2 is 1.89 bits per heavy atom. The maximum Gasteiger partial charge on any atom is 0.0566 e. The molecule has 0 bridgehead atoms. The van der Waals surface area contributed by atoms with Gasteiger partial charge in [0.25, 0.3) is 0 Å². The van der Waals surface area contributed by atoms with Gasteiger partial charge >= 0.3 is 0 Å². The third-order valence-electron chi connectivity index (χ3n) is 3.38. The van der Waals surface area contributed by atoms with Crippen molar-refractivity contribution in [1.82, 2.24) is 0 Å². The highest BCUT2D eigenvalue weighted by Crippen LogP contribution is 2.12. The van der Waals surface area contributed by atoms with Crippen LogP contribution in [-0.2, 0) is 6.42 Å². The lowest BCUT2D eigenvalue weighted by atomic mass is 10.0. The van der Waals surface area contributed by atoms with Crippen molar-refractivity contribution in [3.63, 3.8) is 0 Å². The van der Waals surface area contributed by atoms with Gasteiger partial charge in [-0.1, -0.05) is 55.8 Å². The standard InChI is InChI=1S/C17H26O/c1-14(2)17(18)11-7-8-15(3)12-13-16-9-5-4-6-10-16/h4-6,8-10,14,17-18H,7,11-13H2,1-3H3/b15-8+. The molecule has 0 saturated heterocycles. The maximum atomic E-state index is 9.72. The molecule has 0 saturated carbocycles. The molecular formula is C17H26O. The van der Waals surface area contributed by atoms with Gasteiger partial charge in [0, 0.05) is 0 Å². The van der Waals surface area contributed by atoms with Crippen LogP contribution in [0.2, 0.25) is 0 Å². The Kier molecular flexibility index (Phi) is 6.74. The van der Waals surface area contributed by atoms with E-state index in [2.05, 4.69) is 57.2 Å². The van der Waals surface area contributed by atoms with Crippen molar-refractivity contribution in [3.8, 4) is 0 Å². The van der Waals surface area contributed by atoms with E-state index in [-0.39, 0.29) is 6.10 Å². The molecule has 0 aromatic heterocycles. The second kappa shape index (κ2) is 8.10. The molecule has 1 atom stereocenters. The average Bonchev–Trinajstić information content (AvgIpc) is 2.37. The SMILES string of the molecule is C/C(=C\CCC(O)C(C)C)CCc1ccccc1. The van der Waals surface area contributed by atoms with Crippen molar-refractivity contribution < 1.29 is 5.11 Å². The molecule has 0 fully saturated rings. The number of hydrogen-bond donors (Lipinski definition) is 1.